The summed E-state index contributed by atoms with van der Waals surface area (Å²) in [4.78, 5) is 10.6. The monoisotopic (exact) mass is 241 g/mol. The van der Waals surface area contributed by atoms with Crippen molar-refractivity contribution in [1.29, 1.82) is 0 Å². The Morgan fingerprint density at radius 1 is 1.06 bits per heavy atom. The van der Waals surface area contributed by atoms with Crippen molar-refractivity contribution in [2.24, 2.45) is 5.92 Å². The highest BCUT2D eigenvalue weighted by Gasteiger charge is 2.26. The van der Waals surface area contributed by atoms with Gasteiger partial charge < -0.3 is 15.2 Å². The summed E-state index contributed by atoms with van der Waals surface area (Å²) in [6.45, 7) is 2.14. The Bertz CT molecular complexity index is 243. The second-order valence-electron chi connectivity index (χ2n) is 5.33. The normalized spacial score (nSPS) is 31.3. The summed E-state index contributed by atoms with van der Waals surface area (Å²) in [7, 11) is 0. The minimum absolute atomic E-state index is 0.333. The van der Waals surface area contributed by atoms with E-state index in [9.17, 15) is 4.79 Å². The number of carboxylic acids is 1. The van der Waals surface area contributed by atoms with Crippen molar-refractivity contribution in [1.82, 2.24) is 5.32 Å². The maximum absolute atomic E-state index is 10.6. The molecular formula is C13H23NO3. The van der Waals surface area contributed by atoms with Gasteiger partial charge >= 0.3 is 5.97 Å². The van der Waals surface area contributed by atoms with E-state index >= 15 is 0 Å². The van der Waals surface area contributed by atoms with Crippen LogP contribution in [0.15, 0.2) is 0 Å². The summed E-state index contributed by atoms with van der Waals surface area (Å²) in [5.74, 6) is -0.284. The SMILES string of the molecule is O=C(O)C[C@H]1CC[C@@H](OC2CCNCC2)CC1. The van der Waals surface area contributed by atoms with Gasteiger partial charge in [-0.25, -0.2) is 0 Å². The van der Waals surface area contributed by atoms with Crippen LogP contribution in [-0.2, 0) is 9.53 Å². The summed E-state index contributed by atoms with van der Waals surface area (Å²) in [5.41, 5.74) is 0. The lowest BCUT2D eigenvalue weighted by atomic mass is 9.85. The Morgan fingerprint density at radius 3 is 2.24 bits per heavy atom. The van der Waals surface area contributed by atoms with Crippen molar-refractivity contribution in [3.05, 3.63) is 0 Å². The lowest BCUT2D eigenvalue weighted by molar-refractivity contribution is -0.138. The fourth-order valence-electron chi connectivity index (χ4n) is 2.92. The molecule has 0 aromatic heterocycles. The van der Waals surface area contributed by atoms with Crippen LogP contribution in [0.3, 0.4) is 0 Å². The number of aliphatic carboxylic acids is 1. The molecule has 1 aliphatic heterocycles. The Kier molecular flexibility index (Phi) is 4.80. The van der Waals surface area contributed by atoms with Crippen molar-refractivity contribution < 1.29 is 14.6 Å². The van der Waals surface area contributed by atoms with E-state index in [0.29, 0.717) is 24.5 Å². The molecule has 2 aliphatic rings. The molecule has 4 heteroatoms. The first-order valence-corrected chi connectivity index (χ1v) is 6.82. The van der Waals surface area contributed by atoms with Gasteiger partial charge in [-0.05, 0) is 57.5 Å². The van der Waals surface area contributed by atoms with E-state index < -0.39 is 5.97 Å². The van der Waals surface area contributed by atoms with E-state index in [1.54, 1.807) is 0 Å². The molecule has 0 spiro atoms. The molecule has 1 heterocycles. The topological polar surface area (TPSA) is 58.6 Å². The summed E-state index contributed by atoms with van der Waals surface area (Å²) in [6.07, 6.45) is 7.50. The second kappa shape index (κ2) is 6.36. The number of hydrogen-bond acceptors (Lipinski definition) is 3. The van der Waals surface area contributed by atoms with Crippen LogP contribution in [0.5, 0.6) is 0 Å². The number of piperidine rings is 1. The largest absolute Gasteiger partial charge is 0.481 e. The summed E-state index contributed by atoms with van der Waals surface area (Å²) < 4.78 is 6.10. The predicted octanol–water partition coefficient (Wildman–Crippen LogP) is 1.79. The highest BCUT2D eigenvalue weighted by molar-refractivity contribution is 5.67. The highest BCUT2D eigenvalue weighted by atomic mass is 16.5. The second-order valence-corrected chi connectivity index (χ2v) is 5.33. The molecule has 0 aromatic carbocycles. The maximum Gasteiger partial charge on any atom is 0.303 e. The minimum atomic E-state index is -0.660. The molecule has 4 nitrogen and oxygen atoms in total. The van der Waals surface area contributed by atoms with Gasteiger partial charge in [0.2, 0.25) is 0 Å². The van der Waals surface area contributed by atoms with Crippen molar-refractivity contribution in [3.8, 4) is 0 Å². The molecule has 0 amide bonds. The highest BCUT2D eigenvalue weighted by Crippen LogP contribution is 2.29. The van der Waals surface area contributed by atoms with Gasteiger partial charge in [0.25, 0.3) is 0 Å². The molecule has 2 rings (SSSR count). The zero-order chi connectivity index (χ0) is 12.1. The standard InChI is InChI=1S/C13H23NO3/c15-13(16)9-10-1-3-11(4-2-10)17-12-5-7-14-8-6-12/h10-12,14H,1-9H2,(H,15,16)/t10-,11+. The molecular weight excluding hydrogens is 218 g/mol. The van der Waals surface area contributed by atoms with Crippen molar-refractivity contribution in [3.63, 3.8) is 0 Å². The van der Waals surface area contributed by atoms with E-state index in [-0.39, 0.29) is 0 Å². The van der Waals surface area contributed by atoms with Crippen molar-refractivity contribution in [2.75, 3.05) is 13.1 Å². The molecule has 17 heavy (non-hydrogen) atoms. The Morgan fingerprint density at radius 2 is 1.65 bits per heavy atom. The lowest BCUT2D eigenvalue weighted by Gasteiger charge is -2.32. The van der Waals surface area contributed by atoms with Crippen LogP contribution < -0.4 is 5.32 Å². The number of carboxylic acid groups (broad SMARTS) is 1. The number of hydrogen-bond donors (Lipinski definition) is 2. The molecule has 0 unspecified atom stereocenters. The van der Waals surface area contributed by atoms with Crippen LogP contribution in [0.2, 0.25) is 0 Å². The van der Waals surface area contributed by atoms with Gasteiger partial charge in [-0.2, -0.15) is 0 Å². The molecule has 1 aliphatic carbocycles. The lowest BCUT2D eigenvalue weighted by Crippen LogP contribution is -2.36. The number of rotatable bonds is 4. The van der Waals surface area contributed by atoms with Crippen LogP contribution in [0.25, 0.3) is 0 Å². The van der Waals surface area contributed by atoms with Gasteiger partial charge in [0, 0.05) is 6.42 Å². The maximum atomic E-state index is 10.6. The quantitative estimate of drug-likeness (QED) is 0.788. The van der Waals surface area contributed by atoms with Crippen LogP contribution >= 0.6 is 0 Å². The molecule has 0 atom stereocenters. The summed E-state index contributed by atoms with van der Waals surface area (Å²) in [5, 5.41) is 12.1. The summed E-state index contributed by atoms with van der Waals surface area (Å²) >= 11 is 0. The third-order valence-electron chi connectivity index (χ3n) is 3.93. The fourth-order valence-corrected chi connectivity index (χ4v) is 2.92. The van der Waals surface area contributed by atoms with E-state index in [4.69, 9.17) is 9.84 Å². The molecule has 2 N–H and O–H groups in total. The van der Waals surface area contributed by atoms with E-state index in [0.717, 1.165) is 51.6 Å². The molecule has 0 bridgehead atoms. The first kappa shape index (κ1) is 12.8. The molecule has 98 valence electrons. The predicted molar refractivity (Wildman–Crippen MR) is 65.0 cm³/mol. The van der Waals surface area contributed by atoms with Gasteiger partial charge in [0.05, 0.1) is 12.2 Å². The zero-order valence-corrected chi connectivity index (χ0v) is 10.4. The average Bonchev–Trinajstić information content (AvgIpc) is 2.32. The minimum Gasteiger partial charge on any atom is -0.481 e. The Hall–Kier alpha value is -0.610. The molecule has 2 fully saturated rings. The third kappa shape index (κ3) is 4.28. The van der Waals surface area contributed by atoms with Gasteiger partial charge in [0.1, 0.15) is 0 Å². The van der Waals surface area contributed by atoms with Gasteiger partial charge in [-0.1, -0.05) is 0 Å². The third-order valence-corrected chi connectivity index (χ3v) is 3.93. The molecule has 0 aromatic rings. The fraction of sp³-hybridized carbons (Fsp3) is 0.923. The Labute approximate surface area is 103 Å². The Balaban J connectivity index is 1.66. The molecule has 1 saturated heterocycles. The van der Waals surface area contributed by atoms with Crippen LogP contribution in [0, 0.1) is 5.92 Å². The first-order valence-electron chi connectivity index (χ1n) is 6.82. The van der Waals surface area contributed by atoms with E-state index in [2.05, 4.69) is 5.32 Å². The summed E-state index contributed by atoms with van der Waals surface area (Å²) in [6, 6.07) is 0. The van der Waals surface area contributed by atoms with Crippen molar-refractivity contribution >= 4 is 5.97 Å². The van der Waals surface area contributed by atoms with E-state index in [1.807, 2.05) is 0 Å². The zero-order valence-electron chi connectivity index (χ0n) is 10.4. The van der Waals surface area contributed by atoms with Crippen LogP contribution in [-0.4, -0.2) is 36.4 Å². The van der Waals surface area contributed by atoms with Gasteiger partial charge in [-0.3, -0.25) is 4.79 Å². The first-order chi connectivity index (χ1) is 8.24. The van der Waals surface area contributed by atoms with Crippen molar-refractivity contribution in [2.45, 2.75) is 57.2 Å². The van der Waals surface area contributed by atoms with Gasteiger partial charge in [0.15, 0.2) is 0 Å². The van der Waals surface area contributed by atoms with Crippen LogP contribution in [0.4, 0.5) is 0 Å². The number of nitrogens with one attached hydrogen (secondary N) is 1. The number of carbonyl (C=O) groups is 1. The number of ether oxygens (including phenoxy) is 1. The van der Waals surface area contributed by atoms with E-state index in [1.165, 1.54) is 0 Å². The van der Waals surface area contributed by atoms with Crippen LogP contribution in [0.1, 0.15) is 44.9 Å². The smallest absolute Gasteiger partial charge is 0.303 e. The average molecular weight is 241 g/mol. The molecule has 1 saturated carbocycles. The van der Waals surface area contributed by atoms with Gasteiger partial charge in [-0.15, -0.1) is 0 Å². The molecule has 0 radical (unpaired) electrons.